The Morgan fingerprint density at radius 1 is 1.21 bits per heavy atom. The summed E-state index contributed by atoms with van der Waals surface area (Å²) in [4.78, 5) is 9.66. The first-order chi connectivity index (χ1) is 13.9. The zero-order valence-electron chi connectivity index (χ0n) is 16.9. The highest BCUT2D eigenvalue weighted by Gasteiger charge is 2.17. The second-order valence-corrected chi connectivity index (χ2v) is 8.76. The molecular weight excluding hydrogens is 497 g/mol. The minimum Gasteiger partial charge on any atom is -0.490 e. The number of fused-ring (bicyclic) bond motifs is 1. The van der Waals surface area contributed by atoms with Crippen molar-refractivity contribution in [3.63, 3.8) is 0 Å². The molecule has 0 amide bonds. The summed E-state index contributed by atoms with van der Waals surface area (Å²) >= 11 is 3.90. The van der Waals surface area contributed by atoms with Crippen LogP contribution in [0.5, 0.6) is 5.75 Å². The van der Waals surface area contributed by atoms with Gasteiger partial charge in [0.1, 0.15) is 18.0 Å². The van der Waals surface area contributed by atoms with E-state index in [2.05, 4.69) is 53.1 Å². The average Bonchev–Trinajstić information content (AvgIpc) is 3.12. The molecule has 3 rings (SSSR count). The molecule has 2 heterocycles. The molecule has 0 atom stereocenters. The number of hydrogen-bond donors (Lipinski definition) is 2. The normalized spacial score (nSPS) is 11.1. The Bertz CT molecular complexity index is 1040. The number of nitriles is 1. The van der Waals surface area contributed by atoms with Gasteiger partial charge in [-0.15, -0.1) is 11.3 Å². The van der Waals surface area contributed by atoms with Gasteiger partial charge in [0.2, 0.25) is 0 Å². The lowest BCUT2D eigenvalue weighted by molar-refractivity contribution is 0.245. The molecule has 0 fully saturated rings. The van der Waals surface area contributed by atoms with Gasteiger partial charge in [-0.05, 0) is 39.8 Å². The monoisotopic (exact) mass is 521 g/mol. The summed E-state index contributed by atoms with van der Waals surface area (Å²) in [5.74, 6) is 0.796. The molecule has 2 N–H and O–H groups in total. The van der Waals surface area contributed by atoms with Gasteiger partial charge in [-0.25, -0.2) is 9.97 Å². The van der Waals surface area contributed by atoms with Crippen LogP contribution < -0.4 is 15.4 Å². The van der Waals surface area contributed by atoms with E-state index < -0.39 is 0 Å². The van der Waals surface area contributed by atoms with Gasteiger partial charge in [0.15, 0.2) is 5.13 Å². The predicted molar refractivity (Wildman–Crippen MR) is 129 cm³/mol. The highest BCUT2D eigenvalue weighted by molar-refractivity contribution is 14.1. The van der Waals surface area contributed by atoms with Crippen molar-refractivity contribution in [3.8, 4) is 23.2 Å². The summed E-state index contributed by atoms with van der Waals surface area (Å²) < 4.78 is 6.89. The highest BCUT2D eigenvalue weighted by atomic mass is 127. The Morgan fingerprint density at radius 3 is 2.66 bits per heavy atom. The molecule has 2 aromatic heterocycles. The molecule has 0 aliphatic heterocycles. The topological polar surface area (TPSA) is 82.9 Å². The maximum atomic E-state index is 8.94. The number of nitrogens with one attached hydrogen (secondary N) is 2. The van der Waals surface area contributed by atoms with Crippen LogP contribution in [0.25, 0.3) is 22.3 Å². The number of hydrogen-bond acceptors (Lipinski definition) is 7. The first-order valence-corrected chi connectivity index (χ1v) is 11.9. The minimum atomic E-state index is 0.0431. The Labute approximate surface area is 188 Å². The molecule has 8 heteroatoms. The predicted octanol–water partition coefficient (Wildman–Crippen LogP) is 5.84. The molecule has 0 aliphatic rings. The van der Waals surface area contributed by atoms with Crippen molar-refractivity contribution in [1.29, 1.82) is 5.26 Å². The fraction of sp³-hybridized carbons (Fsp3) is 0.381. The van der Waals surface area contributed by atoms with Gasteiger partial charge in [-0.1, -0.05) is 22.6 Å². The molecule has 0 unspecified atom stereocenters. The number of aromatic nitrogens is 2. The van der Waals surface area contributed by atoms with Gasteiger partial charge in [-0.2, -0.15) is 5.26 Å². The summed E-state index contributed by atoms with van der Waals surface area (Å²) in [5.41, 5.74) is 4.47. The number of nitrogens with zero attached hydrogens (tertiary/aromatic N) is 3. The Hall–Kier alpha value is -2.12. The Kier molecular flexibility index (Phi) is 7.14. The van der Waals surface area contributed by atoms with Crippen LogP contribution in [0, 0.1) is 11.3 Å². The molecular formula is C21H24IN5OS. The van der Waals surface area contributed by atoms with Crippen LogP contribution in [0.15, 0.2) is 23.6 Å². The number of alkyl halides is 1. The van der Waals surface area contributed by atoms with Crippen LogP contribution in [-0.4, -0.2) is 28.7 Å². The molecule has 3 aromatic rings. The second kappa shape index (κ2) is 9.59. The van der Waals surface area contributed by atoms with Gasteiger partial charge in [0.05, 0.1) is 23.4 Å². The molecule has 0 spiro atoms. The molecule has 152 valence electrons. The highest BCUT2D eigenvalue weighted by Crippen LogP contribution is 2.36. The van der Waals surface area contributed by atoms with Crippen molar-refractivity contribution in [1.82, 2.24) is 9.97 Å². The lowest BCUT2D eigenvalue weighted by atomic mass is 10.1. The number of benzene rings is 1. The van der Waals surface area contributed by atoms with Crippen LogP contribution in [-0.2, 0) is 4.43 Å². The van der Waals surface area contributed by atoms with E-state index in [0.29, 0.717) is 6.04 Å². The summed E-state index contributed by atoms with van der Waals surface area (Å²) in [7, 11) is 0. The maximum Gasteiger partial charge on any atom is 0.183 e. The van der Waals surface area contributed by atoms with Crippen LogP contribution in [0.3, 0.4) is 0 Å². The average molecular weight is 521 g/mol. The van der Waals surface area contributed by atoms with E-state index in [1.807, 2.05) is 37.4 Å². The van der Waals surface area contributed by atoms with Gasteiger partial charge in [0.25, 0.3) is 0 Å². The van der Waals surface area contributed by atoms with Crippen molar-refractivity contribution >= 4 is 55.6 Å². The fourth-order valence-electron chi connectivity index (χ4n) is 2.94. The molecule has 0 saturated heterocycles. The van der Waals surface area contributed by atoms with Gasteiger partial charge in [0, 0.05) is 38.6 Å². The largest absolute Gasteiger partial charge is 0.490 e. The Balaban J connectivity index is 2.17. The van der Waals surface area contributed by atoms with Crippen molar-refractivity contribution in [3.05, 3.63) is 29.1 Å². The number of anilines is 2. The van der Waals surface area contributed by atoms with Crippen LogP contribution in [0.4, 0.5) is 10.8 Å². The lowest BCUT2D eigenvalue weighted by Gasteiger charge is -2.17. The standard InChI is InChI=1S/C21H24IN5OS/c1-12(2)25-21-27-18(11-29-21)17-9-19(28-13(3)4)14-5-6-16(24-8-7-23)15(10-22)20(14)26-17/h5-6,9,11-13,24H,8,10H2,1-4H3,(H,25,27). The van der Waals surface area contributed by atoms with E-state index in [0.717, 1.165) is 48.9 Å². The number of pyridine rings is 1. The number of rotatable bonds is 8. The van der Waals surface area contributed by atoms with Gasteiger partial charge < -0.3 is 15.4 Å². The van der Waals surface area contributed by atoms with Gasteiger partial charge in [-0.3, -0.25) is 0 Å². The number of thiazole rings is 1. The summed E-state index contributed by atoms with van der Waals surface area (Å²) in [6, 6.07) is 8.42. The second-order valence-electron chi connectivity index (χ2n) is 7.14. The van der Waals surface area contributed by atoms with E-state index in [4.69, 9.17) is 20.0 Å². The summed E-state index contributed by atoms with van der Waals surface area (Å²) in [5, 5.41) is 19.3. The quantitative estimate of drug-likeness (QED) is 0.220. The third-order valence-corrected chi connectivity index (χ3v) is 5.62. The third-order valence-electron chi connectivity index (χ3n) is 4.08. The molecule has 29 heavy (non-hydrogen) atoms. The SMILES string of the molecule is CC(C)Nc1nc(-c2cc(OC(C)C)c3ccc(NCC#N)c(CI)c3n2)cs1. The van der Waals surface area contributed by atoms with Crippen LogP contribution in [0.1, 0.15) is 33.3 Å². The van der Waals surface area contributed by atoms with E-state index in [-0.39, 0.29) is 12.6 Å². The van der Waals surface area contributed by atoms with E-state index in [1.165, 1.54) is 0 Å². The van der Waals surface area contributed by atoms with Crippen molar-refractivity contribution < 1.29 is 4.74 Å². The first kappa shape index (κ1) is 21.6. The molecule has 0 bridgehead atoms. The first-order valence-electron chi connectivity index (χ1n) is 9.45. The molecule has 0 aliphatic carbocycles. The van der Waals surface area contributed by atoms with E-state index in [9.17, 15) is 0 Å². The fourth-order valence-corrected chi connectivity index (χ4v) is 4.56. The van der Waals surface area contributed by atoms with E-state index >= 15 is 0 Å². The minimum absolute atomic E-state index is 0.0431. The molecule has 6 nitrogen and oxygen atoms in total. The molecule has 0 radical (unpaired) electrons. The van der Waals surface area contributed by atoms with Crippen LogP contribution >= 0.6 is 33.9 Å². The van der Waals surface area contributed by atoms with Crippen molar-refractivity contribution in [2.24, 2.45) is 0 Å². The molecule has 1 aromatic carbocycles. The summed E-state index contributed by atoms with van der Waals surface area (Å²) in [6.07, 6.45) is 0.0431. The zero-order chi connectivity index (χ0) is 21.0. The van der Waals surface area contributed by atoms with E-state index in [1.54, 1.807) is 11.3 Å². The van der Waals surface area contributed by atoms with Crippen molar-refractivity contribution in [2.75, 3.05) is 17.2 Å². The van der Waals surface area contributed by atoms with Crippen molar-refractivity contribution in [2.45, 2.75) is 44.3 Å². The van der Waals surface area contributed by atoms with Crippen LogP contribution in [0.2, 0.25) is 0 Å². The Morgan fingerprint density at radius 2 is 2.00 bits per heavy atom. The smallest absolute Gasteiger partial charge is 0.183 e. The third kappa shape index (κ3) is 5.08. The zero-order valence-corrected chi connectivity index (χ0v) is 19.9. The summed E-state index contributed by atoms with van der Waals surface area (Å²) in [6.45, 7) is 8.46. The number of ether oxygens (including phenoxy) is 1. The lowest BCUT2D eigenvalue weighted by Crippen LogP contribution is -2.09. The van der Waals surface area contributed by atoms with Gasteiger partial charge >= 0.3 is 0 Å². The molecule has 0 saturated carbocycles. The maximum absolute atomic E-state index is 8.94. The number of halogens is 1.